The Kier molecular flexibility index (Phi) is 9.32. The summed E-state index contributed by atoms with van der Waals surface area (Å²) in [6, 6.07) is 0. The smallest absolute Gasteiger partial charge is 0.364 e. The molecule has 182 valence electrons. The number of carboxylic acid groups (broad SMARTS) is 2. The predicted octanol–water partition coefficient (Wildman–Crippen LogP) is -3.17. The number of ether oxygens (including phenoxy) is 2. The van der Waals surface area contributed by atoms with Gasteiger partial charge in [0.05, 0.1) is 31.0 Å². The third-order valence-electron chi connectivity index (χ3n) is 5.74. The van der Waals surface area contributed by atoms with E-state index >= 15 is 0 Å². The van der Waals surface area contributed by atoms with Crippen molar-refractivity contribution in [1.82, 2.24) is 0 Å². The Hall–Kier alpha value is -1.42. The fourth-order valence-electron chi connectivity index (χ4n) is 3.30. The highest BCUT2D eigenvalue weighted by molar-refractivity contribution is 5.75. The number of carbonyl (C=O) groups is 2. The maximum absolute atomic E-state index is 10.9. The fraction of sp³-hybridized carbons (Fsp3) is 0.889. The predicted molar refractivity (Wildman–Crippen MR) is 99.3 cm³/mol. The summed E-state index contributed by atoms with van der Waals surface area (Å²) in [6.45, 7) is 4.09. The molecule has 0 aromatic carbocycles. The first-order chi connectivity index (χ1) is 14.1. The lowest BCUT2D eigenvalue weighted by atomic mass is 9.85. The number of rotatable bonds is 5. The second kappa shape index (κ2) is 10.5. The highest BCUT2D eigenvalue weighted by Gasteiger charge is 2.52. The van der Waals surface area contributed by atoms with Gasteiger partial charge in [-0.2, -0.15) is 0 Å². The topological polar surface area (TPSA) is 235 Å². The summed E-state index contributed by atoms with van der Waals surface area (Å²) in [5, 5.41) is 83.4. The summed E-state index contributed by atoms with van der Waals surface area (Å²) in [6.07, 6.45) is -7.83. The number of aliphatic hydroxyl groups excluding tert-OH is 5. The molecule has 0 bridgehead atoms. The van der Waals surface area contributed by atoms with Crippen LogP contribution in [0, 0.1) is 11.8 Å². The van der Waals surface area contributed by atoms with Crippen molar-refractivity contribution in [3.05, 3.63) is 0 Å². The minimum Gasteiger partial charge on any atom is -0.477 e. The molecule has 0 aromatic rings. The van der Waals surface area contributed by atoms with Gasteiger partial charge in [0, 0.05) is 24.7 Å². The lowest BCUT2D eigenvalue weighted by Crippen LogP contribution is -2.60. The first-order valence-electron chi connectivity index (χ1n) is 9.70. The van der Waals surface area contributed by atoms with Crippen LogP contribution in [-0.4, -0.2) is 113 Å². The molecular weight excluding hydrogens is 424 g/mol. The summed E-state index contributed by atoms with van der Waals surface area (Å²) < 4.78 is 9.79. The molecule has 2 rings (SSSR count). The van der Waals surface area contributed by atoms with E-state index in [1.165, 1.54) is 6.92 Å². The van der Waals surface area contributed by atoms with Crippen molar-refractivity contribution in [3.8, 4) is 0 Å². The van der Waals surface area contributed by atoms with Crippen LogP contribution in [0.15, 0.2) is 0 Å². The monoisotopic (exact) mass is 456 g/mol. The van der Waals surface area contributed by atoms with E-state index in [0.717, 1.165) is 0 Å². The number of hydrogen-bond donors (Lipinski definition) is 9. The van der Waals surface area contributed by atoms with E-state index in [1.807, 2.05) is 0 Å². The molecule has 0 aromatic heterocycles. The van der Waals surface area contributed by atoms with Crippen LogP contribution in [0.5, 0.6) is 0 Å². The van der Waals surface area contributed by atoms with E-state index in [4.69, 9.17) is 24.8 Å². The summed E-state index contributed by atoms with van der Waals surface area (Å²) >= 11 is 0. The summed E-state index contributed by atoms with van der Waals surface area (Å²) in [7, 11) is 0. The van der Waals surface area contributed by atoms with Gasteiger partial charge >= 0.3 is 11.9 Å². The van der Waals surface area contributed by atoms with Gasteiger partial charge in [0.1, 0.15) is 12.2 Å². The minimum atomic E-state index is -2.62. The molecule has 2 fully saturated rings. The number of aliphatic carboxylic acids is 2. The average Bonchev–Trinajstić information content (AvgIpc) is 2.68. The fourth-order valence-corrected chi connectivity index (χ4v) is 3.30. The first-order valence-corrected chi connectivity index (χ1v) is 9.70. The Morgan fingerprint density at radius 1 is 0.903 bits per heavy atom. The van der Waals surface area contributed by atoms with Gasteiger partial charge in [-0.1, -0.05) is 13.8 Å². The Morgan fingerprint density at radius 3 is 1.71 bits per heavy atom. The third-order valence-corrected chi connectivity index (χ3v) is 5.74. The zero-order valence-corrected chi connectivity index (χ0v) is 17.4. The molecule has 10 unspecified atom stereocenters. The normalized spacial score (nSPS) is 42.6. The lowest BCUT2D eigenvalue weighted by molar-refractivity contribution is -0.302. The molecule has 2 heterocycles. The maximum Gasteiger partial charge on any atom is 0.364 e. The molecule has 0 aliphatic carbocycles. The number of hydrogen-bond acceptors (Lipinski definition) is 11. The third kappa shape index (κ3) is 6.31. The van der Waals surface area contributed by atoms with Crippen LogP contribution in [-0.2, 0) is 19.1 Å². The Bertz CT molecular complexity index is 616. The largest absolute Gasteiger partial charge is 0.477 e. The van der Waals surface area contributed by atoms with E-state index in [-0.39, 0.29) is 12.3 Å². The van der Waals surface area contributed by atoms with Crippen molar-refractivity contribution in [2.75, 3.05) is 6.61 Å². The summed E-state index contributed by atoms with van der Waals surface area (Å²) in [4.78, 5) is 21.4. The molecule has 2 saturated heterocycles. The zero-order valence-electron chi connectivity index (χ0n) is 17.4. The summed E-state index contributed by atoms with van der Waals surface area (Å²) in [5.41, 5.74) is 0. The van der Waals surface area contributed by atoms with Crippen LogP contribution in [0.4, 0.5) is 0 Å². The van der Waals surface area contributed by atoms with Gasteiger partial charge < -0.3 is 55.4 Å². The molecule has 0 radical (unpaired) electrons. The maximum atomic E-state index is 10.9. The second-order valence-electron chi connectivity index (χ2n) is 8.09. The van der Waals surface area contributed by atoms with E-state index in [9.17, 15) is 40.2 Å². The minimum absolute atomic E-state index is 0.167. The quantitative estimate of drug-likeness (QED) is 0.199. The van der Waals surface area contributed by atoms with Gasteiger partial charge in [-0.3, -0.25) is 0 Å². The lowest BCUT2D eigenvalue weighted by Gasteiger charge is -2.43. The van der Waals surface area contributed by atoms with E-state index < -0.39 is 79.1 Å². The van der Waals surface area contributed by atoms with Crippen LogP contribution >= 0.6 is 0 Å². The SMILES string of the molecule is CC1C(O)CC(O)(C(=O)O)OC1C(O)C(O)CO.CC1OC(O)(C(=O)O)CC(O)C1C. The van der Waals surface area contributed by atoms with Crippen molar-refractivity contribution in [2.24, 2.45) is 11.8 Å². The second-order valence-corrected chi connectivity index (χ2v) is 8.09. The molecule has 0 saturated carbocycles. The van der Waals surface area contributed by atoms with Gasteiger partial charge in [-0.15, -0.1) is 0 Å². The molecule has 31 heavy (non-hydrogen) atoms. The number of aliphatic hydroxyl groups is 7. The van der Waals surface area contributed by atoms with Crippen LogP contribution in [0.1, 0.15) is 33.6 Å². The van der Waals surface area contributed by atoms with E-state index in [0.29, 0.717) is 0 Å². The molecule has 2 aliphatic heterocycles. The highest BCUT2D eigenvalue weighted by Crippen LogP contribution is 2.34. The number of carboxylic acids is 2. The van der Waals surface area contributed by atoms with Crippen molar-refractivity contribution < 1.29 is 65.0 Å². The molecule has 9 N–H and O–H groups in total. The molecule has 10 atom stereocenters. The van der Waals surface area contributed by atoms with Gasteiger partial charge in [-0.25, -0.2) is 9.59 Å². The van der Waals surface area contributed by atoms with E-state index in [1.54, 1.807) is 13.8 Å². The van der Waals surface area contributed by atoms with Crippen molar-refractivity contribution in [2.45, 2.75) is 81.8 Å². The Balaban J connectivity index is 0.000000327. The van der Waals surface area contributed by atoms with Gasteiger partial charge in [0.2, 0.25) is 0 Å². The van der Waals surface area contributed by atoms with Crippen LogP contribution in [0.2, 0.25) is 0 Å². The van der Waals surface area contributed by atoms with Crippen molar-refractivity contribution in [1.29, 1.82) is 0 Å². The van der Waals surface area contributed by atoms with Crippen LogP contribution in [0.3, 0.4) is 0 Å². The molecule has 0 spiro atoms. The van der Waals surface area contributed by atoms with Crippen LogP contribution < -0.4 is 0 Å². The van der Waals surface area contributed by atoms with Crippen molar-refractivity contribution >= 4 is 11.9 Å². The first kappa shape index (κ1) is 27.6. The molecular formula is C18H32O13. The molecule has 13 heteroatoms. The van der Waals surface area contributed by atoms with Gasteiger partial charge in [0.15, 0.2) is 0 Å². The average molecular weight is 456 g/mol. The molecule has 2 aliphatic rings. The zero-order chi connectivity index (χ0) is 24.3. The molecule has 0 amide bonds. The Morgan fingerprint density at radius 2 is 1.32 bits per heavy atom. The highest BCUT2D eigenvalue weighted by atomic mass is 16.7. The Labute approximate surface area is 178 Å². The van der Waals surface area contributed by atoms with Crippen molar-refractivity contribution in [3.63, 3.8) is 0 Å². The standard InChI is InChI=1S/C10H18O8.C8H14O5/c1-4-5(12)2-10(17,9(15)16)18-8(4)7(14)6(13)3-11;1-4-5(2)13-8(12,7(10)11)3-6(4)9/h4-8,11-14,17H,2-3H2,1H3,(H,15,16);4-6,9,12H,3H2,1-2H3,(H,10,11). The molecule has 13 nitrogen and oxygen atoms in total. The van der Waals surface area contributed by atoms with E-state index in [2.05, 4.69) is 0 Å². The van der Waals surface area contributed by atoms with Gasteiger partial charge in [-0.05, 0) is 6.92 Å². The summed E-state index contributed by atoms with van der Waals surface area (Å²) in [5.74, 6) is -8.87. The van der Waals surface area contributed by atoms with Crippen LogP contribution in [0.25, 0.3) is 0 Å². The van der Waals surface area contributed by atoms with Gasteiger partial charge in [0.25, 0.3) is 11.6 Å².